The molecule has 0 aliphatic heterocycles. The molecule has 94 valence electrons. The first-order valence-corrected chi connectivity index (χ1v) is 5.60. The Labute approximate surface area is 109 Å². The fourth-order valence-electron chi connectivity index (χ4n) is 1.66. The standard InChI is InChI=1S/C15H10FNO2/c16-14-6-5-11(8-17)13(7-14)10-19-15-4-2-1-3-12(15)9-18/h1-7,9H,10H2. The van der Waals surface area contributed by atoms with Crippen LogP contribution in [-0.2, 0) is 6.61 Å². The first kappa shape index (κ1) is 12.8. The van der Waals surface area contributed by atoms with Crippen molar-refractivity contribution in [1.82, 2.24) is 0 Å². The van der Waals surface area contributed by atoms with Crippen molar-refractivity contribution < 1.29 is 13.9 Å². The Morgan fingerprint density at radius 2 is 2.05 bits per heavy atom. The fraction of sp³-hybridized carbons (Fsp3) is 0.0667. The maximum absolute atomic E-state index is 13.1. The summed E-state index contributed by atoms with van der Waals surface area (Å²) in [6, 6.07) is 12.6. The molecular weight excluding hydrogens is 245 g/mol. The molecule has 0 spiro atoms. The lowest BCUT2D eigenvalue weighted by Crippen LogP contribution is -2.01. The van der Waals surface area contributed by atoms with Gasteiger partial charge in [0.15, 0.2) is 6.29 Å². The van der Waals surface area contributed by atoms with Crippen LogP contribution in [0.5, 0.6) is 5.75 Å². The number of hydrogen-bond acceptors (Lipinski definition) is 3. The highest BCUT2D eigenvalue weighted by atomic mass is 19.1. The lowest BCUT2D eigenvalue weighted by molar-refractivity contribution is 0.111. The summed E-state index contributed by atoms with van der Waals surface area (Å²) in [6.07, 6.45) is 0.687. The van der Waals surface area contributed by atoms with E-state index in [1.165, 1.54) is 18.2 Å². The Morgan fingerprint density at radius 3 is 2.79 bits per heavy atom. The molecule has 0 aromatic heterocycles. The zero-order valence-corrected chi connectivity index (χ0v) is 9.97. The van der Waals surface area contributed by atoms with Gasteiger partial charge in [-0.3, -0.25) is 4.79 Å². The van der Waals surface area contributed by atoms with Gasteiger partial charge >= 0.3 is 0 Å². The number of aldehydes is 1. The van der Waals surface area contributed by atoms with E-state index >= 15 is 0 Å². The van der Waals surface area contributed by atoms with Gasteiger partial charge in [0.25, 0.3) is 0 Å². The van der Waals surface area contributed by atoms with E-state index in [0.717, 1.165) is 0 Å². The highest BCUT2D eigenvalue weighted by Gasteiger charge is 2.06. The van der Waals surface area contributed by atoms with Gasteiger partial charge in [-0.15, -0.1) is 0 Å². The number of para-hydroxylation sites is 1. The van der Waals surface area contributed by atoms with Crippen molar-refractivity contribution in [1.29, 1.82) is 5.26 Å². The number of carbonyl (C=O) groups excluding carboxylic acids is 1. The van der Waals surface area contributed by atoms with Crippen LogP contribution >= 0.6 is 0 Å². The third-order valence-electron chi connectivity index (χ3n) is 2.62. The molecule has 19 heavy (non-hydrogen) atoms. The van der Waals surface area contributed by atoms with Gasteiger partial charge in [-0.2, -0.15) is 5.26 Å². The van der Waals surface area contributed by atoms with Crippen LogP contribution < -0.4 is 4.74 Å². The summed E-state index contributed by atoms with van der Waals surface area (Å²) in [4.78, 5) is 10.8. The van der Waals surface area contributed by atoms with E-state index in [4.69, 9.17) is 10.00 Å². The molecule has 0 aliphatic rings. The van der Waals surface area contributed by atoms with E-state index in [9.17, 15) is 9.18 Å². The van der Waals surface area contributed by atoms with Gasteiger partial charge in [0, 0.05) is 5.56 Å². The van der Waals surface area contributed by atoms with Crippen LogP contribution in [0.2, 0.25) is 0 Å². The number of nitrogens with zero attached hydrogens (tertiary/aromatic N) is 1. The first-order valence-electron chi connectivity index (χ1n) is 5.60. The SMILES string of the molecule is N#Cc1ccc(F)cc1COc1ccccc1C=O. The number of nitriles is 1. The second kappa shape index (κ2) is 5.78. The van der Waals surface area contributed by atoms with Crippen LogP contribution in [0.1, 0.15) is 21.5 Å². The zero-order chi connectivity index (χ0) is 13.7. The molecule has 0 heterocycles. The molecule has 0 unspecified atom stereocenters. The Morgan fingerprint density at radius 1 is 1.26 bits per heavy atom. The molecule has 2 aromatic carbocycles. The largest absolute Gasteiger partial charge is 0.488 e. The van der Waals surface area contributed by atoms with Crippen molar-refractivity contribution >= 4 is 6.29 Å². The van der Waals surface area contributed by atoms with Crippen LogP contribution in [0.25, 0.3) is 0 Å². The van der Waals surface area contributed by atoms with Crippen molar-refractivity contribution in [3.8, 4) is 11.8 Å². The highest BCUT2D eigenvalue weighted by molar-refractivity contribution is 5.79. The summed E-state index contributed by atoms with van der Waals surface area (Å²) in [5.74, 6) is -0.0214. The van der Waals surface area contributed by atoms with Crippen molar-refractivity contribution in [2.45, 2.75) is 6.61 Å². The minimum absolute atomic E-state index is 0.0332. The summed E-state index contributed by atoms with van der Waals surface area (Å²) in [5, 5.41) is 8.92. The minimum atomic E-state index is -0.429. The van der Waals surface area contributed by atoms with Gasteiger partial charge in [0.1, 0.15) is 18.2 Å². The maximum atomic E-state index is 13.1. The molecule has 2 aromatic rings. The molecule has 0 saturated carbocycles. The molecule has 0 amide bonds. The molecule has 3 nitrogen and oxygen atoms in total. The number of carbonyl (C=O) groups is 1. The number of benzene rings is 2. The average molecular weight is 255 g/mol. The van der Waals surface area contributed by atoms with Crippen molar-refractivity contribution in [2.75, 3.05) is 0 Å². The minimum Gasteiger partial charge on any atom is -0.488 e. The van der Waals surface area contributed by atoms with Gasteiger partial charge in [-0.25, -0.2) is 4.39 Å². The Hall–Kier alpha value is -2.67. The van der Waals surface area contributed by atoms with Gasteiger partial charge in [0.2, 0.25) is 0 Å². The number of ether oxygens (including phenoxy) is 1. The molecule has 0 fully saturated rings. The monoisotopic (exact) mass is 255 g/mol. The van der Waals surface area contributed by atoms with E-state index in [1.807, 2.05) is 6.07 Å². The topological polar surface area (TPSA) is 50.1 Å². The van der Waals surface area contributed by atoms with Gasteiger partial charge in [-0.1, -0.05) is 12.1 Å². The number of halogens is 1. The summed E-state index contributed by atoms with van der Waals surface area (Å²) in [7, 11) is 0. The predicted octanol–water partition coefficient (Wildman–Crippen LogP) is 3.09. The lowest BCUT2D eigenvalue weighted by atomic mass is 10.1. The molecule has 0 aliphatic carbocycles. The molecule has 0 bridgehead atoms. The lowest BCUT2D eigenvalue weighted by Gasteiger charge is -2.09. The van der Waals surface area contributed by atoms with Crippen LogP contribution in [0.15, 0.2) is 42.5 Å². The third-order valence-corrected chi connectivity index (χ3v) is 2.62. The number of hydrogen-bond donors (Lipinski definition) is 0. The predicted molar refractivity (Wildman–Crippen MR) is 67.3 cm³/mol. The summed E-state index contributed by atoms with van der Waals surface area (Å²) >= 11 is 0. The van der Waals surface area contributed by atoms with Gasteiger partial charge in [0.05, 0.1) is 17.2 Å². The second-order valence-corrected chi connectivity index (χ2v) is 3.86. The van der Waals surface area contributed by atoms with E-state index in [0.29, 0.717) is 28.7 Å². The summed E-state index contributed by atoms with van der Waals surface area (Å²) < 4.78 is 18.6. The van der Waals surface area contributed by atoms with Crippen LogP contribution in [0.3, 0.4) is 0 Å². The molecule has 2 rings (SSSR count). The normalized spacial score (nSPS) is 9.68. The fourth-order valence-corrected chi connectivity index (χ4v) is 1.66. The highest BCUT2D eigenvalue weighted by Crippen LogP contribution is 2.19. The quantitative estimate of drug-likeness (QED) is 0.789. The second-order valence-electron chi connectivity index (χ2n) is 3.86. The Kier molecular flexibility index (Phi) is 3.89. The Balaban J connectivity index is 2.21. The van der Waals surface area contributed by atoms with E-state index in [1.54, 1.807) is 24.3 Å². The van der Waals surface area contributed by atoms with Crippen molar-refractivity contribution in [3.05, 3.63) is 65.0 Å². The zero-order valence-electron chi connectivity index (χ0n) is 9.97. The van der Waals surface area contributed by atoms with Crippen molar-refractivity contribution in [2.24, 2.45) is 0 Å². The maximum Gasteiger partial charge on any atom is 0.153 e. The van der Waals surface area contributed by atoms with Crippen LogP contribution in [0, 0.1) is 17.1 Å². The summed E-state index contributed by atoms with van der Waals surface area (Å²) in [5.41, 5.74) is 1.21. The smallest absolute Gasteiger partial charge is 0.153 e. The van der Waals surface area contributed by atoms with Gasteiger partial charge < -0.3 is 4.74 Å². The summed E-state index contributed by atoms with van der Waals surface area (Å²) in [6.45, 7) is 0.0332. The van der Waals surface area contributed by atoms with Gasteiger partial charge in [-0.05, 0) is 30.3 Å². The first-order chi connectivity index (χ1) is 9.24. The molecular formula is C15H10FNO2. The molecule has 0 N–H and O–H groups in total. The van der Waals surface area contributed by atoms with E-state index < -0.39 is 5.82 Å². The van der Waals surface area contributed by atoms with Crippen molar-refractivity contribution in [3.63, 3.8) is 0 Å². The van der Waals surface area contributed by atoms with Crippen LogP contribution in [-0.4, -0.2) is 6.29 Å². The number of rotatable bonds is 4. The molecule has 0 radical (unpaired) electrons. The van der Waals surface area contributed by atoms with E-state index in [-0.39, 0.29) is 6.61 Å². The Bertz CT molecular complexity index is 647. The average Bonchev–Trinajstić information content (AvgIpc) is 2.45. The molecule has 0 saturated heterocycles. The third kappa shape index (κ3) is 2.96. The van der Waals surface area contributed by atoms with Crippen LogP contribution in [0.4, 0.5) is 4.39 Å². The molecule has 0 atom stereocenters. The van der Waals surface area contributed by atoms with E-state index in [2.05, 4.69) is 0 Å². The molecule has 4 heteroatoms.